The Morgan fingerprint density at radius 2 is 2.17 bits per heavy atom. The van der Waals surface area contributed by atoms with Crippen LogP contribution in [0.2, 0.25) is 5.02 Å². The Morgan fingerprint density at radius 3 is 2.89 bits per heavy atom. The van der Waals surface area contributed by atoms with Crippen molar-refractivity contribution in [3.05, 3.63) is 45.5 Å². The van der Waals surface area contributed by atoms with Gasteiger partial charge in [0.05, 0.1) is 17.4 Å². The highest BCUT2D eigenvalue weighted by atomic mass is 79.9. The van der Waals surface area contributed by atoms with E-state index in [9.17, 15) is 0 Å². The fourth-order valence-corrected chi connectivity index (χ4v) is 2.03. The van der Waals surface area contributed by atoms with Crippen molar-refractivity contribution < 1.29 is 0 Å². The van der Waals surface area contributed by atoms with Gasteiger partial charge in [0.1, 0.15) is 4.99 Å². The number of hydrogen-bond donors (Lipinski definition) is 2. The number of thiocarbonyl (C=S) groups is 1. The minimum atomic E-state index is 0.255. The van der Waals surface area contributed by atoms with E-state index in [2.05, 4.69) is 31.4 Å². The molecule has 0 aliphatic heterocycles. The monoisotopic (exact) mass is 342 g/mol. The fourth-order valence-electron chi connectivity index (χ4n) is 1.34. The van der Waals surface area contributed by atoms with Gasteiger partial charge in [-0.1, -0.05) is 23.8 Å². The zero-order chi connectivity index (χ0) is 13.1. The molecule has 0 saturated carbocycles. The second-order valence-electron chi connectivity index (χ2n) is 3.41. The summed E-state index contributed by atoms with van der Waals surface area (Å²) in [6, 6.07) is 7.09. The molecule has 1 heterocycles. The van der Waals surface area contributed by atoms with Crippen LogP contribution < -0.4 is 11.1 Å². The number of aromatic nitrogens is 2. The summed E-state index contributed by atoms with van der Waals surface area (Å²) in [6.07, 6.45) is 1.53. The van der Waals surface area contributed by atoms with Gasteiger partial charge >= 0.3 is 0 Å². The molecule has 3 N–H and O–H groups in total. The smallest absolute Gasteiger partial charge is 0.163 e. The van der Waals surface area contributed by atoms with Gasteiger partial charge in [-0.2, -0.15) is 5.10 Å². The van der Waals surface area contributed by atoms with Crippen molar-refractivity contribution in [1.82, 2.24) is 10.2 Å². The molecule has 2 rings (SSSR count). The highest BCUT2D eigenvalue weighted by Crippen LogP contribution is 2.28. The molecular weight excluding hydrogens is 336 g/mol. The van der Waals surface area contributed by atoms with Gasteiger partial charge in [-0.05, 0) is 40.2 Å². The molecule has 4 nitrogen and oxygen atoms in total. The van der Waals surface area contributed by atoms with Crippen LogP contribution in [-0.4, -0.2) is 15.2 Å². The molecule has 7 heteroatoms. The van der Waals surface area contributed by atoms with Crippen LogP contribution in [0.15, 0.2) is 34.9 Å². The Balaban J connectivity index is 2.40. The minimum absolute atomic E-state index is 0.255. The van der Waals surface area contributed by atoms with Crippen LogP contribution in [0.5, 0.6) is 0 Å². The van der Waals surface area contributed by atoms with Crippen LogP contribution in [0.4, 0.5) is 11.5 Å². The van der Waals surface area contributed by atoms with Crippen LogP contribution >= 0.6 is 39.7 Å². The Kier molecular flexibility index (Phi) is 4.11. The summed E-state index contributed by atoms with van der Waals surface area (Å²) < 4.78 is 0.853. The number of rotatable bonds is 3. The predicted molar refractivity (Wildman–Crippen MR) is 80.4 cm³/mol. The van der Waals surface area contributed by atoms with Crippen LogP contribution in [0.3, 0.4) is 0 Å². The van der Waals surface area contributed by atoms with Crippen LogP contribution in [0.1, 0.15) is 5.56 Å². The second-order valence-corrected chi connectivity index (χ2v) is 5.14. The van der Waals surface area contributed by atoms with Gasteiger partial charge in [-0.3, -0.25) is 0 Å². The summed E-state index contributed by atoms with van der Waals surface area (Å²) >= 11 is 14.3. The first-order valence-corrected chi connectivity index (χ1v) is 6.49. The lowest BCUT2D eigenvalue weighted by Gasteiger charge is -2.10. The SMILES string of the molecule is NC(=S)c1ccnnc1Nc1cc(Cl)ccc1Br. The van der Waals surface area contributed by atoms with Crippen molar-refractivity contribution >= 4 is 56.2 Å². The lowest BCUT2D eigenvalue weighted by Crippen LogP contribution is -2.13. The number of halogens is 2. The number of nitrogens with one attached hydrogen (secondary N) is 1. The zero-order valence-electron chi connectivity index (χ0n) is 9.02. The van der Waals surface area contributed by atoms with Gasteiger partial charge in [0.2, 0.25) is 0 Å². The molecule has 0 unspecified atom stereocenters. The number of hydrogen-bond acceptors (Lipinski definition) is 4. The topological polar surface area (TPSA) is 63.8 Å². The molecule has 0 saturated heterocycles. The normalized spacial score (nSPS) is 10.1. The summed E-state index contributed by atoms with van der Waals surface area (Å²) in [5.41, 5.74) is 7.02. The summed E-state index contributed by atoms with van der Waals surface area (Å²) in [4.78, 5) is 0.255. The Bertz CT molecular complexity index is 605. The van der Waals surface area contributed by atoms with Gasteiger partial charge in [0, 0.05) is 9.50 Å². The highest BCUT2D eigenvalue weighted by Gasteiger charge is 2.09. The maximum atomic E-state index is 5.94. The zero-order valence-corrected chi connectivity index (χ0v) is 12.2. The first kappa shape index (κ1) is 13.2. The molecule has 0 atom stereocenters. The van der Waals surface area contributed by atoms with E-state index in [0.29, 0.717) is 16.4 Å². The largest absolute Gasteiger partial charge is 0.389 e. The molecule has 18 heavy (non-hydrogen) atoms. The van der Waals surface area contributed by atoms with Crippen LogP contribution in [0.25, 0.3) is 0 Å². The first-order chi connectivity index (χ1) is 8.58. The van der Waals surface area contributed by atoms with Gasteiger partial charge < -0.3 is 11.1 Å². The van der Waals surface area contributed by atoms with Crippen molar-refractivity contribution in [3.63, 3.8) is 0 Å². The number of nitrogens with zero attached hydrogens (tertiary/aromatic N) is 2. The van der Waals surface area contributed by atoms with Crippen molar-refractivity contribution in [2.45, 2.75) is 0 Å². The Hall–Kier alpha value is -1.24. The first-order valence-electron chi connectivity index (χ1n) is 4.91. The third-order valence-electron chi connectivity index (χ3n) is 2.17. The molecule has 0 fully saturated rings. The standard InChI is InChI=1S/C11H8BrClN4S/c12-8-2-1-6(13)5-9(8)16-11-7(10(14)18)3-4-15-17-11/h1-5H,(H2,14,18)(H,16,17). The molecule has 1 aromatic carbocycles. The van der Waals surface area contributed by atoms with E-state index in [0.717, 1.165) is 10.2 Å². The lowest BCUT2D eigenvalue weighted by atomic mass is 10.2. The second kappa shape index (κ2) is 5.60. The lowest BCUT2D eigenvalue weighted by molar-refractivity contribution is 1.03. The average molecular weight is 344 g/mol. The maximum Gasteiger partial charge on any atom is 0.163 e. The van der Waals surface area contributed by atoms with Gasteiger partial charge in [0.15, 0.2) is 5.82 Å². The number of nitrogens with two attached hydrogens (primary N) is 1. The molecule has 0 spiro atoms. The molecular formula is C11H8BrClN4S. The van der Waals surface area contributed by atoms with Crippen molar-refractivity contribution in [3.8, 4) is 0 Å². The number of anilines is 2. The summed E-state index contributed by atoms with van der Waals surface area (Å²) in [5, 5.41) is 11.5. The van der Waals surface area contributed by atoms with E-state index in [1.165, 1.54) is 6.20 Å². The third kappa shape index (κ3) is 2.95. The fraction of sp³-hybridized carbons (Fsp3) is 0. The van der Waals surface area contributed by atoms with Crippen LogP contribution in [0, 0.1) is 0 Å². The summed E-state index contributed by atoms with van der Waals surface area (Å²) in [5.74, 6) is 0.493. The molecule has 0 radical (unpaired) electrons. The van der Waals surface area contributed by atoms with E-state index >= 15 is 0 Å². The van der Waals surface area contributed by atoms with Gasteiger partial charge in [0.25, 0.3) is 0 Å². The van der Waals surface area contributed by atoms with Crippen molar-refractivity contribution in [1.29, 1.82) is 0 Å². The van der Waals surface area contributed by atoms with E-state index in [4.69, 9.17) is 29.6 Å². The molecule has 92 valence electrons. The third-order valence-corrected chi connectivity index (χ3v) is 3.31. The van der Waals surface area contributed by atoms with E-state index < -0.39 is 0 Å². The molecule has 0 aliphatic rings. The molecule has 1 aromatic heterocycles. The van der Waals surface area contributed by atoms with Crippen molar-refractivity contribution in [2.24, 2.45) is 5.73 Å². The quantitative estimate of drug-likeness (QED) is 0.837. The molecule has 0 aliphatic carbocycles. The van der Waals surface area contributed by atoms with Crippen molar-refractivity contribution in [2.75, 3.05) is 5.32 Å². The number of benzene rings is 1. The van der Waals surface area contributed by atoms with Gasteiger partial charge in [-0.25, -0.2) is 0 Å². The summed E-state index contributed by atoms with van der Waals surface area (Å²) in [7, 11) is 0. The minimum Gasteiger partial charge on any atom is -0.389 e. The van der Waals surface area contributed by atoms with E-state index in [-0.39, 0.29) is 4.99 Å². The molecule has 0 amide bonds. The predicted octanol–water partition coefficient (Wildman–Crippen LogP) is 3.27. The maximum absolute atomic E-state index is 5.94. The molecule has 0 bridgehead atoms. The van der Waals surface area contributed by atoms with E-state index in [1.807, 2.05) is 6.07 Å². The van der Waals surface area contributed by atoms with Gasteiger partial charge in [-0.15, -0.1) is 5.10 Å². The van der Waals surface area contributed by atoms with E-state index in [1.54, 1.807) is 18.2 Å². The Labute approximate surface area is 123 Å². The average Bonchev–Trinajstić information content (AvgIpc) is 2.34. The Morgan fingerprint density at radius 1 is 1.39 bits per heavy atom. The van der Waals surface area contributed by atoms with Crippen LogP contribution in [-0.2, 0) is 0 Å². The highest BCUT2D eigenvalue weighted by molar-refractivity contribution is 9.10. The summed E-state index contributed by atoms with van der Waals surface area (Å²) in [6.45, 7) is 0. The molecule has 2 aromatic rings.